The van der Waals surface area contributed by atoms with Crippen LogP contribution in [0.3, 0.4) is 0 Å². The van der Waals surface area contributed by atoms with Gasteiger partial charge in [0.25, 0.3) is 5.56 Å². The van der Waals surface area contributed by atoms with Gasteiger partial charge in [-0.25, -0.2) is 4.79 Å². The molecule has 2 saturated heterocycles. The maximum atomic E-state index is 13.9. The molecule has 2 unspecified atom stereocenters. The number of hydrogen-bond donors (Lipinski definition) is 1. The van der Waals surface area contributed by atoms with E-state index >= 15 is 0 Å². The van der Waals surface area contributed by atoms with E-state index in [1.54, 1.807) is 22.8 Å². The number of nitrogens with zero attached hydrogens (tertiary/aromatic N) is 7. The van der Waals surface area contributed by atoms with Crippen LogP contribution in [0.4, 0.5) is 11.8 Å². The third kappa shape index (κ3) is 6.59. The number of benzene rings is 1. The minimum Gasteiger partial charge on any atom is -0.356 e. The van der Waals surface area contributed by atoms with Gasteiger partial charge in [0.05, 0.1) is 18.2 Å². The van der Waals surface area contributed by atoms with E-state index in [1.807, 2.05) is 26.0 Å². The minimum atomic E-state index is -0.321. The van der Waals surface area contributed by atoms with Crippen molar-refractivity contribution in [2.45, 2.75) is 77.9 Å². The number of nitrogens with two attached hydrogens (primary N) is 1. The topological polar surface area (TPSA) is 139 Å². The number of hydrogen-bond acceptors (Lipinski definition) is 9. The minimum absolute atomic E-state index is 0.00370. The van der Waals surface area contributed by atoms with Crippen molar-refractivity contribution >= 4 is 11.8 Å². The van der Waals surface area contributed by atoms with Gasteiger partial charge >= 0.3 is 11.7 Å². The molecule has 3 aromatic rings. The van der Waals surface area contributed by atoms with Gasteiger partial charge in [-0.05, 0) is 61.6 Å². The number of rotatable bonds is 9. The first-order valence-electron chi connectivity index (χ1n) is 15.2. The Morgan fingerprint density at radius 3 is 2.55 bits per heavy atom. The highest BCUT2D eigenvalue weighted by Crippen LogP contribution is 2.30. The van der Waals surface area contributed by atoms with Crippen molar-refractivity contribution in [3.8, 4) is 6.07 Å². The van der Waals surface area contributed by atoms with E-state index in [0.717, 1.165) is 63.1 Å². The molecule has 2 N–H and O–H groups in total. The van der Waals surface area contributed by atoms with Crippen molar-refractivity contribution in [1.82, 2.24) is 19.3 Å². The SMILES string of the molecule is CC(C)c1noc(N2CCC(C(C)CCn3c(=O)cc(N4CCCC(N)C4)n(Cc4cccc(C#N)c4)c3=O)CC2)n1. The molecular formula is C31H42N8O3. The van der Waals surface area contributed by atoms with Crippen LogP contribution in [0.5, 0.6) is 0 Å². The van der Waals surface area contributed by atoms with E-state index in [4.69, 9.17) is 10.3 Å². The monoisotopic (exact) mass is 574 g/mol. The van der Waals surface area contributed by atoms with E-state index < -0.39 is 0 Å². The first-order valence-corrected chi connectivity index (χ1v) is 15.2. The Bertz CT molecular complexity index is 1530. The molecule has 0 radical (unpaired) electrons. The lowest BCUT2D eigenvalue weighted by atomic mass is 9.83. The molecule has 5 rings (SSSR count). The second-order valence-corrected chi connectivity index (χ2v) is 12.2. The van der Waals surface area contributed by atoms with Crippen molar-refractivity contribution in [3.05, 3.63) is 68.1 Å². The second-order valence-electron chi connectivity index (χ2n) is 12.2. The third-order valence-electron chi connectivity index (χ3n) is 8.81. The first kappa shape index (κ1) is 29.6. The molecule has 224 valence electrons. The van der Waals surface area contributed by atoms with Crippen LogP contribution >= 0.6 is 0 Å². The maximum absolute atomic E-state index is 13.9. The second kappa shape index (κ2) is 12.9. The van der Waals surface area contributed by atoms with Gasteiger partial charge < -0.3 is 20.1 Å². The van der Waals surface area contributed by atoms with Crippen LogP contribution in [-0.2, 0) is 13.1 Å². The molecular weight excluding hydrogens is 532 g/mol. The van der Waals surface area contributed by atoms with Crippen molar-refractivity contribution in [3.63, 3.8) is 0 Å². The van der Waals surface area contributed by atoms with E-state index in [1.165, 1.54) is 4.57 Å². The number of piperidine rings is 2. The molecule has 0 aliphatic carbocycles. The van der Waals surface area contributed by atoms with Crippen LogP contribution in [0.2, 0.25) is 0 Å². The summed E-state index contributed by atoms with van der Waals surface area (Å²) in [5.74, 6) is 2.37. The lowest BCUT2D eigenvalue weighted by Gasteiger charge is -2.34. The molecule has 0 spiro atoms. The van der Waals surface area contributed by atoms with Gasteiger partial charge in [0, 0.05) is 50.7 Å². The largest absolute Gasteiger partial charge is 0.356 e. The van der Waals surface area contributed by atoms with E-state index in [9.17, 15) is 14.9 Å². The predicted molar refractivity (Wildman–Crippen MR) is 162 cm³/mol. The van der Waals surface area contributed by atoms with Gasteiger partial charge in [-0.15, -0.1) is 0 Å². The molecule has 2 fully saturated rings. The highest BCUT2D eigenvalue weighted by molar-refractivity contribution is 5.41. The quantitative estimate of drug-likeness (QED) is 0.408. The van der Waals surface area contributed by atoms with Crippen LogP contribution in [0.15, 0.2) is 44.4 Å². The van der Waals surface area contributed by atoms with Gasteiger partial charge in [0.2, 0.25) is 0 Å². The third-order valence-corrected chi connectivity index (χ3v) is 8.81. The van der Waals surface area contributed by atoms with E-state index in [-0.39, 0.29) is 29.8 Å². The predicted octanol–water partition coefficient (Wildman–Crippen LogP) is 3.31. The summed E-state index contributed by atoms with van der Waals surface area (Å²) in [6.45, 7) is 9.97. The van der Waals surface area contributed by atoms with Gasteiger partial charge in [0.1, 0.15) is 5.82 Å². The Morgan fingerprint density at radius 1 is 1.07 bits per heavy atom. The summed E-state index contributed by atoms with van der Waals surface area (Å²) in [5.41, 5.74) is 7.02. The summed E-state index contributed by atoms with van der Waals surface area (Å²) in [4.78, 5) is 36.0. The molecule has 11 heteroatoms. The molecule has 1 aromatic carbocycles. The first-order chi connectivity index (χ1) is 20.2. The lowest BCUT2D eigenvalue weighted by Crippen LogP contribution is -2.48. The summed E-state index contributed by atoms with van der Waals surface area (Å²) in [5, 5.41) is 13.5. The molecule has 42 heavy (non-hydrogen) atoms. The highest BCUT2D eigenvalue weighted by atomic mass is 16.5. The number of nitriles is 1. The molecule has 11 nitrogen and oxygen atoms in total. The molecule has 0 bridgehead atoms. The van der Waals surface area contributed by atoms with Crippen molar-refractivity contribution in [1.29, 1.82) is 5.26 Å². The molecule has 4 heterocycles. The standard InChI is InChI=1S/C31H42N8O3/c1-21(2)29-34-30(42-35-29)36-13-10-25(11-14-36)22(3)9-15-38-28(40)17-27(37-12-5-8-26(33)20-37)39(31(38)41)19-24-7-4-6-23(16-24)18-32/h4,6-7,16-17,21-22,25-26H,5,8-15,19-20,33H2,1-3H3. The van der Waals surface area contributed by atoms with Crippen LogP contribution in [-0.4, -0.2) is 51.5 Å². The summed E-state index contributed by atoms with van der Waals surface area (Å²) in [6.07, 6.45) is 4.54. The molecule has 2 aliphatic heterocycles. The summed E-state index contributed by atoms with van der Waals surface area (Å²) < 4.78 is 8.53. The van der Waals surface area contributed by atoms with E-state index in [0.29, 0.717) is 42.3 Å². The molecule has 2 atom stereocenters. The molecule has 0 saturated carbocycles. The van der Waals surface area contributed by atoms with E-state index in [2.05, 4.69) is 32.9 Å². The Hall–Kier alpha value is -3.91. The Kier molecular flexibility index (Phi) is 9.12. The fourth-order valence-electron chi connectivity index (χ4n) is 6.18. The smallest absolute Gasteiger partial charge is 0.332 e. The van der Waals surface area contributed by atoms with Gasteiger partial charge in [-0.2, -0.15) is 10.2 Å². The number of aromatic nitrogens is 4. The van der Waals surface area contributed by atoms with Gasteiger partial charge in [-0.3, -0.25) is 13.9 Å². The molecule has 2 aliphatic rings. The summed E-state index contributed by atoms with van der Waals surface area (Å²) >= 11 is 0. The van der Waals surface area contributed by atoms with Crippen molar-refractivity contribution < 1.29 is 4.52 Å². The lowest BCUT2D eigenvalue weighted by molar-refractivity contribution is 0.260. The Morgan fingerprint density at radius 2 is 1.86 bits per heavy atom. The fraction of sp³-hybridized carbons (Fsp3) is 0.581. The Balaban J connectivity index is 1.31. The summed E-state index contributed by atoms with van der Waals surface area (Å²) in [7, 11) is 0. The van der Waals surface area contributed by atoms with Crippen LogP contribution in [0, 0.1) is 23.2 Å². The van der Waals surface area contributed by atoms with Gasteiger partial charge in [0.15, 0.2) is 5.82 Å². The van der Waals surface area contributed by atoms with Gasteiger partial charge in [-0.1, -0.05) is 38.1 Å². The summed E-state index contributed by atoms with van der Waals surface area (Å²) in [6, 6.07) is 11.6. The normalized spacial score (nSPS) is 18.8. The zero-order valence-electron chi connectivity index (χ0n) is 24.9. The van der Waals surface area contributed by atoms with Crippen LogP contribution in [0.25, 0.3) is 0 Å². The number of anilines is 2. The van der Waals surface area contributed by atoms with Crippen LogP contribution in [0.1, 0.15) is 75.7 Å². The molecule has 0 amide bonds. The average molecular weight is 575 g/mol. The zero-order chi connectivity index (χ0) is 29.8. The maximum Gasteiger partial charge on any atom is 0.332 e. The fourth-order valence-corrected chi connectivity index (χ4v) is 6.18. The highest BCUT2D eigenvalue weighted by Gasteiger charge is 2.28. The van der Waals surface area contributed by atoms with Crippen molar-refractivity contribution in [2.24, 2.45) is 17.6 Å². The van der Waals surface area contributed by atoms with Crippen LogP contribution < -0.4 is 26.8 Å². The zero-order valence-corrected chi connectivity index (χ0v) is 24.9. The average Bonchev–Trinajstić information content (AvgIpc) is 3.49. The molecule has 2 aromatic heterocycles. The van der Waals surface area contributed by atoms with Crippen molar-refractivity contribution in [2.75, 3.05) is 36.0 Å². The Labute approximate surface area is 246 Å².